The van der Waals surface area contributed by atoms with Gasteiger partial charge in [0, 0.05) is 23.5 Å². The second-order valence-corrected chi connectivity index (χ2v) is 6.66. The van der Waals surface area contributed by atoms with Crippen LogP contribution in [0.1, 0.15) is 21.7 Å². The van der Waals surface area contributed by atoms with Gasteiger partial charge < -0.3 is 14.8 Å². The first-order chi connectivity index (χ1) is 15.5. The van der Waals surface area contributed by atoms with E-state index in [1.165, 1.54) is 38.3 Å². The van der Waals surface area contributed by atoms with Crippen molar-refractivity contribution in [2.45, 2.75) is 19.7 Å². The van der Waals surface area contributed by atoms with Gasteiger partial charge in [-0.25, -0.2) is 4.68 Å². The van der Waals surface area contributed by atoms with E-state index in [1.54, 1.807) is 0 Å². The van der Waals surface area contributed by atoms with E-state index >= 15 is 0 Å². The van der Waals surface area contributed by atoms with Crippen molar-refractivity contribution in [2.75, 3.05) is 12.4 Å². The highest BCUT2D eigenvalue weighted by Crippen LogP contribution is 2.32. The van der Waals surface area contributed by atoms with Gasteiger partial charge >= 0.3 is 12.8 Å². The third-order valence-electron chi connectivity index (χ3n) is 4.38. The Balaban J connectivity index is 1.96. The molecular formula is C21H16F5N3O4. The highest BCUT2D eigenvalue weighted by molar-refractivity contribution is 6.02. The van der Waals surface area contributed by atoms with Crippen LogP contribution < -0.4 is 20.2 Å². The van der Waals surface area contributed by atoms with Gasteiger partial charge in [-0.2, -0.15) is 27.1 Å². The lowest BCUT2D eigenvalue weighted by molar-refractivity contribution is -0.137. The largest absolute Gasteiger partial charge is 0.493 e. The Morgan fingerprint density at radius 1 is 1.09 bits per heavy atom. The van der Waals surface area contributed by atoms with Crippen LogP contribution in [-0.2, 0) is 6.18 Å². The smallest absolute Gasteiger partial charge is 0.416 e. The monoisotopic (exact) mass is 469 g/mol. The van der Waals surface area contributed by atoms with Gasteiger partial charge in [-0.1, -0.05) is 6.07 Å². The molecule has 0 atom stereocenters. The number of ether oxygens (including phenoxy) is 2. The topological polar surface area (TPSA) is 82.5 Å². The van der Waals surface area contributed by atoms with E-state index in [9.17, 15) is 31.5 Å². The van der Waals surface area contributed by atoms with Gasteiger partial charge in [0.05, 0.1) is 18.4 Å². The van der Waals surface area contributed by atoms with Gasteiger partial charge in [0.1, 0.15) is 0 Å². The number of carbonyl (C=O) groups is 1. The summed E-state index contributed by atoms with van der Waals surface area (Å²) in [6, 6.07) is 8.87. The molecule has 1 aromatic heterocycles. The van der Waals surface area contributed by atoms with Crippen LogP contribution in [0.5, 0.6) is 11.5 Å². The summed E-state index contributed by atoms with van der Waals surface area (Å²) >= 11 is 0. The molecule has 0 aliphatic heterocycles. The summed E-state index contributed by atoms with van der Waals surface area (Å²) in [4.78, 5) is 25.0. The average Bonchev–Trinajstić information content (AvgIpc) is 2.73. The number of carbonyl (C=O) groups excluding carboxylic acids is 1. The SMILES string of the molecule is COc1ccc(NC(=O)c2nn(-c3cccc(C(F)(F)F)c3)c(C)cc2=O)cc1OC(F)F. The number of aromatic nitrogens is 2. The second-order valence-electron chi connectivity index (χ2n) is 6.66. The van der Waals surface area contributed by atoms with E-state index in [1.807, 2.05) is 0 Å². The number of aryl methyl sites for hydroxylation is 1. The van der Waals surface area contributed by atoms with Crippen molar-refractivity contribution in [3.63, 3.8) is 0 Å². The Labute approximate surface area is 183 Å². The zero-order chi connectivity index (χ0) is 24.3. The number of anilines is 1. The molecule has 0 bridgehead atoms. The van der Waals surface area contributed by atoms with Gasteiger partial charge in [-0.15, -0.1) is 0 Å². The van der Waals surface area contributed by atoms with E-state index in [0.29, 0.717) is 0 Å². The molecule has 0 radical (unpaired) electrons. The van der Waals surface area contributed by atoms with E-state index in [2.05, 4.69) is 15.2 Å². The summed E-state index contributed by atoms with van der Waals surface area (Å²) in [7, 11) is 1.23. The zero-order valence-corrected chi connectivity index (χ0v) is 17.1. The molecule has 0 unspecified atom stereocenters. The highest BCUT2D eigenvalue weighted by Gasteiger charge is 2.30. The van der Waals surface area contributed by atoms with Crippen LogP contribution in [0.15, 0.2) is 53.3 Å². The predicted molar refractivity (Wildman–Crippen MR) is 107 cm³/mol. The summed E-state index contributed by atoms with van der Waals surface area (Å²) in [6.07, 6.45) is -4.60. The van der Waals surface area contributed by atoms with Gasteiger partial charge in [0.15, 0.2) is 17.2 Å². The van der Waals surface area contributed by atoms with Gasteiger partial charge in [0.2, 0.25) is 5.43 Å². The van der Waals surface area contributed by atoms with Crippen LogP contribution in [-0.4, -0.2) is 29.4 Å². The van der Waals surface area contributed by atoms with Crippen LogP contribution in [0.4, 0.5) is 27.6 Å². The molecule has 0 saturated carbocycles. The Hall–Kier alpha value is -3.96. The number of nitrogens with zero attached hydrogens (tertiary/aromatic N) is 2. The first-order valence-electron chi connectivity index (χ1n) is 9.22. The molecule has 12 heteroatoms. The first kappa shape index (κ1) is 23.7. The normalized spacial score (nSPS) is 11.4. The van der Waals surface area contributed by atoms with Crippen LogP contribution in [0, 0.1) is 6.92 Å². The lowest BCUT2D eigenvalue weighted by Crippen LogP contribution is -2.27. The van der Waals surface area contributed by atoms with Crippen LogP contribution in [0.25, 0.3) is 5.69 Å². The molecule has 33 heavy (non-hydrogen) atoms. The summed E-state index contributed by atoms with van der Waals surface area (Å²) < 4.78 is 74.6. The van der Waals surface area contributed by atoms with E-state index in [-0.39, 0.29) is 28.6 Å². The maximum atomic E-state index is 13.1. The summed E-state index contributed by atoms with van der Waals surface area (Å²) in [6.45, 7) is -1.71. The molecule has 174 valence electrons. The van der Waals surface area contributed by atoms with Crippen LogP contribution >= 0.6 is 0 Å². The van der Waals surface area contributed by atoms with Crippen molar-refractivity contribution in [1.29, 1.82) is 0 Å². The number of rotatable bonds is 6. The molecule has 1 amide bonds. The molecule has 0 fully saturated rings. The van der Waals surface area contributed by atoms with Crippen molar-refractivity contribution in [3.05, 3.63) is 75.7 Å². The van der Waals surface area contributed by atoms with Crippen molar-refractivity contribution in [2.24, 2.45) is 0 Å². The standard InChI is InChI=1S/C21H16F5N3O4/c1-11-8-15(30)18(28-29(11)14-5-3-4-12(9-14)21(24,25)26)19(31)27-13-6-7-16(32-2)17(10-13)33-20(22)23/h3-10,20H,1-2H3,(H,27,31). The van der Waals surface area contributed by atoms with E-state index in [0.717, 1.165) is 28.9 Å². The molecule has 2 aromatic carbocycles. The predicted octanol–water partition coefficient (Wildman–Crippen LogP) is 4.42. The summed E-state index contributed by atoms with van der Waals surface area (Å²) in [5.41, 5.74) is -2.18. The average molecular weight is 469 g/mol. The number of hydrogen-bond donors (Lipinski definition) is 1. The molecule has 0 aliphatic rings. The zero-order valence-electron chi connectivity index (χ0n) is 17.1. The summed E-state index contributed by atoms with van der Waals surface area (Å²) in [5, 5.41) is 6.24. The van der Waals surface area contributed by atoms with Gasteiger partial charge in [0.25, 0.3) is 5.91 Å². The molecule has 7 nitrogen and oxygen atoms in total. The maximum Gasteiger partial charge on any atom is 0.416 e. The van der Waals surface area contributed by atoms with Crippen molar-refractivity contribution in [3.8, 4) is 17.2 Å². The fraction of sp³-hybridized carbons (Fsp3) is 0.190. The number of nitrogens with one attached hydrogen (secondary N) is 1. The number of halogens is 5. The quantitative estimate of drug-likeness (QED) is 0.541. The molecule has 3 aromatic rings. The fourth-order valence-corrected chi connectivity index (χ4v) is 2.91. The Morgan fingerprint density at radius 3 is 2.45 bits per heavy atom. The summed E-state index contributed by atoms with van der Waals surface area (Å²) in [5.74, 6) is -1.38. The fourth-order valence-electron chi connectivity index (χ4n) is 2.91. The second kappa shape index (κ2) is 9.27. The number of benzene rings is 2. The van der Waals surface area contributed by atoms with Crippen molar-refractivity contribution < 1.29 is 36.2 Å². The third-order valence-corrected chi connectivity index (χ3v) is 4.38. The molecule has 3 rings (SSSR count). The minimum absolute atomic E-state index is 0.0103. The molecule has 1 N–H and O–H groups in total. The molecule has 0 saturated heterocycles. The van der Waals surface area contributed by atoms with Crippen LogP contribution in [0.3, 0.4) is 0 Å². The van der Waals surface area contributed by atoms with Gasteiger partial charge in [-0.3, -0.25) is 9.59 Å². The highest BCUT2D eigenvalue weighted by atomic mass is 19.4. The number of methoxy groups -OCH3 is 1. The van der Waals surface area contributed by atoms with Crippen molar-refractivity contribution in [1.82, 2.24) is 9.78 Å². The Morgan fingerprint density at radius 2 is 1.82 bits per heavy atom. The number of amides is 1. The Bertz CT molecular complexity index is 1240. The molecular weight excluding hydrogens is 453 g/mol. The van der Waals surface area contributed by atoms with Crippen molar-refractivity contribution >= 4 is 11.6 Å². The maximum absolute atomic E-state index is 13.1. The van der Waals surface area contributed by atoms with E-state index in [4.69, 9.17) is 4.74 Å². The molecule has 0 aliphatic carbocycles. The minimum atomic E-state index is -4.60. The number of alkyl halides is 5. The lowest BCUT2D eigenvalue weighted by atomic mass is 10.2. The van der Waals surface area contributed by atoms with Crippen LogP contribution in [0.2, 0.25) is 0 Å². The molecule has 1 heterocycles. The lowest BCUT2D eigenvalue weighted by Gasteiger charge is -2.14. The minimum Gasteiger partial charge on any atom is -0.493 e. The van der Waals surface area contributed by atoms with E-state index < -0.39 is 35.4 Å². The molecule has 0 spiro atoms. The first-order valence-corrected chi connectivity index (χ1v) is 9.22. The third kappa shape index (κ3) is 5.45. The number of hydrogen-bond acceptors (Lipinski definition) is 5. The Kier molecular flexibility index (Phi) is 6.65. The van der Waals surface area contributed by atoms with Gasteiger partial charge in [-0.05, 0) is 37.3 Å².